The minimum absolute atomic E-state index is 0.778. The number of hydrogen-bond acceptors (Lipinski definition) is 3. The van der Waals surface area contributed by atoms with Crippen LogP contribution in [0.1, 0.15) is 39.5 Å². The molecule has 0 saturated heterocycles. The Hall–Kier alpha value is 0.270. The van der Waals surface area contributed by atoms with Gasteiger partial charge in [-0.3, -0.25) is 0 Å². The summed E-state index contributed by atoms with van der Waals surface area (Å²) in [6.07, 6.45) is 7.34. The van der Waals surface area contributed by atoms with Crippen LogP contribution in [-0.4, -0.2) is 43.6 Å². The lowest BCUT2D eigenvalue weighted by Crippen LogP contribution is -2.23. The molecule has 0 aromatic heterocycles. The van der Waals surface area contributed by atoms with Crippen molar-refractivity contribution >= 4 is 11.8 Å². The van der Waals surface area contributed by atoms with Crippen LogP contribution in [0.15, 0.2) is 0 Å². The molecule has 17 heavy (non-hydrogen) atoms. The van der Waals surface area contributed by atoms with Gasteiger partial charge >= 0.3 is 0 Å². The van der Waals surface area contributed by atoms with Gasteiger partial charge in [-0.25, -0.2) is 0 Å². The highest BCUT2D eigenvalue weighted by Gasteiger charge is 2.12. The molecule has 0 spiro atoms. The summed E-state index contributed by atoms with van der Waals surface area (Å²) in [6.45, 7) is 7.96. The molecule has 2 N–H and O–H groups in total. The Morgan fingerprint density at radius 1 is 1.12 bits per heavy atom. The van der Waals surface area contributed by atoms with Crippen LogP contribution < -0.4 is 5.73 Å². The Balaban J connectivity index is 3.58. The first-order valence-corrected chi connectivity index (χ1v) is 8.38. The molecule has 0 amide bonds. The highest BCUT2D eigenvalue weighted by molar-refractivity contribution is 7.98. The fourth-order valence-corrected chi connectivity index (χ4v) is 2.66. The van der Waals surface area contributed by atoms with Crippen molar-refractivity contribution in [3.05, 3.63) is 0 Å². The first-order valence-electron chi connectivity index (χ1n) is 6.99. The Kier molecular flexibility index (Phi) is 11.5. The van der Waals surface area contributed by atoms with Crippen molar-refractivity contribution in [3.63, 3.8) is 0 Å². The van der Waals surface area contributed by atoms with Crippen LogP contribution >= 0.6 is 11.8 Å². The molecule has 0 fully saturated rings. The highest BCUT2D eigenvalue weighted by atomic mass is 32.2. The molecule has 0 saturated carbocycles. The largest absolute Gasteiger partial charge is 0.330 e. The van der Waals surface area contributed by atoms with Gasteiger partial charge in [0.15, 0.2) is 0 Å². The second kappa shape index (κ2) is 11.4. The van der Waals surface area contributed by atoms with E-state index in [2.05, 4.69) is 32.1 Å². The minimum atomic E-state index is 0.778. The van der Waals surface area contributed by atoms with Gasteiger partial charge in [0.1, 0.15) is 0 Å². The summed E-state index contributed by atoms with van der Waals surface area (Å²) in [7, 11) is 2.24. The van der Waals surface area contributed by atoms with Gasteiger partial charge in [-0.15, -0.1) is 0 Å². The third kappa shape index (κ3) is 9.93. The van der Waals surface area contributed by atoms with E-state index in [0.717, 1.165) is 18.4 Å². The van der Waals surface area contributed by atoms with E-state index in [1.807, 2.05) is 11.8 Å². The van der Waals surface area contributed by atoms with Crippen molar-refractivity contribution in [2.75, 3.05) is 38.7 Å². The average molecular weight is 260 g/mol. The van der Waals surface area contributed by atoms with Crippen LogP contribution in [0.4, 0.5) is 0 Å². The maximum atomic E-state index is 5.67. The molecule has 1 atom stereocenters. The monoisotopic (exact) mass is 260 g/mol. The van der Waals surface area contributed by atoms with Crippen molar-refractivity contribution in [1.29, 1.82) is 0 Å². The van der Waals surface area contributed by atoms with Crippen LogP contribution in [0.3, 0.4) is 0 Å². The molecule has 0 aliphatic carbocycles. The lowest BCUT2D eigenvalue weighted by molar-refractivity contribution is 0.283. The number of thioether (sulfide) groups is 1. The van der Waals surface area contributed by atoms with Crippen LogP contribution in [0.5, 0.6) is 0 Å². The Morgan fingerprint density at radius 2 is 1.76 bits per heavy atom. The van der Waals surface area contributed by atoms with Crippen LogP contribution in [0, 0.1) is 11.8 Å². The van der Waals surface area contributed by atoms with E-state index in [4.69, 9.17) is 5.73 Å². The summed E-state index contributed by atoms with van der Waals surface area (Å²) in [5.74, 6) is 2.88. The zero-order chi connectivity index (χ0) is 13.1. The fraction of sp³-hybridized carbons (Fsp3) is 1.00. The van der Waals surface area contributed by atoms with Crippen molar-refractivity contribution in [3.8, 4) is 0 Å². The lowest BCUT2D eigenvalue weighted by atomic mass is 9.88. The molecule has 0 heterocycles. The van der Waals surface area contributed by atoms with E-state index in [-0.39, 0.29) is 0 Å². The van der Waals surface area contributed by atoms with Gasteiger partial charge in [0.25, 0.3) is 0 Å². The summed E-state index contributed by atoms with van der Waals surface area (Å²) in [6, 6.07) is 0. The van der Waals surface area contributed by atoms with Crippen molar-refractivity contribution < 1.29 is 0 Å². The topological polar surface area (TPSA) is 29.3 Å². The van der Waals surface area contributed by atoms with Crippen LogP contribution in [-0.2, 0) is 0 Å². The molecule has 0 bridgehead atoms. The Labute approximate surface area is 113 Å². The van der Waals surface area contributed by atoms with Crippen molar-refractivity contribution in [1.82, 2.24) is 4.90 Å². The summed E-state index contributed by atoms with van der Waals surface area (Å²) in [5.41, 5.74) is 5.67. The quantitative estimate of drug-likeness (QED) is 0.579. The predicted molar refractivity (Wildman–Crippen MR) is 81.7 cm³/mol. The number of nitrogens with two attached hydrogens (primary N) is 1. The summed E-state index contributed by atoms with van der Waals surface area (Å²) in [4.78, 5) is 2.47. The van der Waals surface area contributed by atoms with Crippen molar-refractivity contribution in [2.24, 2.45) is 17.6 Å². The highest BCUT2D eigenvalue weighted by Crippen LogP contribution is 2.20. The second-order valence-electron chi connectivity index (χ2n) is 5.37. The fourth-order valence-electron chi connectivity index (χ4n) is 2.24. The predicted octanol–water partition coefficient (Wildman–Crippen LogP) is 3.07. The number of nitrogens with zero attached hydrogens (tertiary/aromatic N) is 1. The molecular weight excluding hydrogens is 228 g/mol. The van der Waals surface area contributed by atoms with Gasteiger partial charge in [0.05, 0.1) is 0 Å². The van der Waals surface area contributed by atoms with E-state index < -0.39 is 0 Å². The zero-order valence-electron chi connectivity index (χ0n) is 12.2. The van der Waals surface area contributed by atoms with Gasteiger partial charge in [-0.2, -0.15) is 11.8 Å². The third-order valence-corrected chi connectivity index (χ3v) is 4.18. The van der Waals surface area contributed by atoms with E-state index in [1.54, 1.807) is 0 Å². The molecule has 104 valence electrons. The molecule has 0 radical (unpaired) electrons. The van der Waals surface area contributed by atoms with Gasteiger partial charge < -0.3 is 10.6 Å². The van der Waals surface area contributed by atoms with E-state index in [0.29, 0.717) is 0 Å². The van der Waals surface area contributed by atoms with E-state index in [1.165, 1.54) is 44.5 Å². The Morgan fingerprint density at radius 3 is 2.29 bits per heavy atom. The first-order chi connectivity index (χ1) is 8.11. The average Bonchev–Trinajstić information content (AvgIpc) is 2.28. The summed E-state index contributed by atoms with van der Waals surface area (Å²) in [5, 5.41) is 0. The van der Waals surface area contributed by atoms with E-state index in [9.17, 15) is 0 Å². The van der Waals surface area contributed by atoms with Gasteiger partial charge in [-0.05, 0) is 76.2 Å². The summed E-state index contributed by atoms with van der Waals surface area (Å²) < 4.78 is 0. The first kappa shape index (κ1) is 17.3. The van der Waals surface area contributed by atoms with Gasteiger partial charge in [-0.1, -0.05) is 13.8 Å². The Bertz CT molecular complexity index is 162. The molecule has 1 unspecified atom stereocenters. The molecule has 2 nitrogen and oxygen atoms in total. The molecule has 0 aromatic rings. The SMILES string of the molecule is CSCCCN(C)CCCC(CCN)C(C)C. The zero-order valence-corrected chi connectivity index (χ0v) is 13.1. The molecule has 0 aliphatic heterocycles. The third-order valence-electron chi connectivity index (χ3n) is 3.48. The second-order valence-corrected chi connectivity index (χ2v) is 6.36. The summed E-state index contributed by atoms with van der Waals surface area (Å²) >= 11 is 1.94. The maximum Gasteiger partial charge on any atom is -0.00139 e. The standard InChI is InChI=1S/C14H32N2S/c1-13(2)14(8-9-15)7-5-10-16(3)11-6-12-17-4/h13-14H,5-12,15H2,1-4H3. The molecule has 0 rings (SSSR count). The molecule has 0 aliphatic rings. The normalized spacial score (nSPS) is 13.6. The molecule has 3 heteroatoms. The maximum absolute atomic E-state index is 5.67. The van der Waals surface area contributed by atoms with Gasteiger partial charge in [0, 0.05) is 0 Å². The van der Waals surface area contributed by atoms with E-state index >= 15 is 0 Å². The minimum Gasteiger partial charge on any atom is -0.330 e. The smallest absolute Gasteiger partial charge is 0.00139 e. The molecule has 0 aromatic carbocycles. The number of rotatable bonds is 11. The number of hydrogen-bond donors (Lipinski definition) is 1. The van der Waals surface area contributed by atoms with Crippen LogP contribution in [0.2, 0.25) is 0 Å². The van der Waals surface area contributed by atoms with Gasteiger partial charge in [0.2, 0.25) is 0 Å². The van der Waals surface area contributed by atoms with Crippen LogP contribution in [0.25, 0.3) is 0 Å². The van der Waals surface area contributed by atoms with Crippen molar-refractivity contribution in [2.45, 2.75) is 39.5 Å². The lowest BCUT2D eigenvalue weighted by Gasteiger charge is -2.22. The molecular formula is C14H32N2S.